The van der Waals surface area contributed by atoms with Gasteiger partial charge in [0.15, 0.2) is 5.96 Å². The van der Waals surface area contributed by atoms with Crippen LogP contribution in [0.3, 0.4) is 0 Å². The molecule has 0 radical (unpaired) electrons. The fourth-order valence-electron chi connectivity index (χ4n) is 3.52. The molecule has 1 aliphatic rings. The highest BCUT2D eigenvalue weighted by molar-refractivity contribution is 5.80. The van der Waals surface area contributed by atoms with Crippen molar-refractivity contribution in [3.8, 4) is 5.75 Å². The minimum absolute atomic E-state index is 0.484. The van der Waals surface area contributed by atoms with E-state index >= 15 is 0 Å². The molecule has 0 amide bonds. The van der Waals surface area contributed by atoms with Crippen molar-refractivity contribution >= 4 is 11.8 Å². The zero-order chi connectivity index (χ0) is 19.8. The first-order valence-corrected chi connectivity index (χ1v) is 9.96. The number of aliphatic imine (C=N–C) groups is 1. The lowest BCUT2D eigenvalue weighted by Crippen LogP contribution is -2.52. The molecule has 0 spiro atoms. The number of methoxy groups -OCH3 is 1. The Hall–Kier alpha value is -2.76. The monoisotopic (exact) mass is 381 g/mol. The molecular formula is C22H31N5O. The zero-order valence-corrected chi connectivity index (χ0v) is 17.1. The second-order valence-electron chi connectivity index (χ2n) is 7.10. The Morgan fingerprint density at radius 1 is 1.14 bits per heavy atom. The normalized spacial score (nSPS) is 16.0. The maximum Gasteiger partial charge on any atom is 0.193 e. The van der Waals surface area contributed by atoms with Gasteiger partial charge in [-0.05, 0) is 42.2 Å². The van der Waals surface area contributed by atoms with Gasteiger partial charge in [0.25, 0.3) is 0 Å². The number of anilines is 1. The summed E-state index contributed by atoms with van der Waals surface area (Å²) in [5, 5.41) is 3.53. The van der Waals surface area contributed by atoms with E-state index in [4.69, 9.17) is 4.74 Å². The molecule has 6 heteroatoms. The number of ether oxygens (including phenoxy) is 1. The summed E-state index contributed by atoms with van der Waals surface area (Å²) in [4.78, 5) is 13.6. The summed E-state index contributed by atoms with van der Waals surface area (Å²) < 4.78 is 5.24. The Balaban J connectivity index is 1.44. The van der Waals surface area contributed by atoms with Crippen LogP contribution in [0.1, 0.15) is 24.8 Å². The molecule has 2 heterocycles. The number of nitrogens with zero attached hydrogens (tertiary/aromatic N) is 4. The van der Waals surface area contributed by atoms with Gasteiger partial charge in [-0.2, -0.15) is 0 Å². The lowest BCUT2D eigenvalue weighted by atomic mass is 9.98. The zero-order valence-electron chi connectivity index (χ0n) is 17.1. The largest absolute Gasteiger partial charge is 0.497 e. The SMILES string of the molecule is CN=C(NCCC(C)c1ccc(OC)cc1)N1CCN(c2ccccn2)CC1. The summed E-state index contributed by atoms with van der Waals surface area (Å²) in [6.07, 6.45) is 2.91. The van der Waals surface area contributed by atoms with E-state index in [1.807, 2.05) is 37.5 Å². The first-order valence-electron chi connectivity index (χ1n) is 9.96. The molecule has 1 aromatic carbocycles. The van der Waals surface area contributed by atoms with Crippen molar-refractivity contribution in [3.63, 3.8) is 0 Å². The highest BCUT2D eigenvalue weighted by atomic mass is 16.5. The van der Waals surface area contributed by atoms with Crippen molar-refractivity contribution < 1.29 is 4.74 Å². The van der Waals surface area contributed by atoms with Crippen molar-refractivity contribution in [1.82, 2.24) is 15.2 Å². The summed E-state index contributed by atoms with van der Waals surface area (Å²) in [5.41, 5.74) is 1.33. The predicted octanol–water partition coefficient (Wildman–Crippen LogP) is 2.98. The third-order valence-corrected chi connectivity index (χ3v) is 5.31. The smallest absolute Gasteiger partial charge is 0.193 e. The predicted molar refractivity (Wildman–Crippen MR) is 115 cm³/mol. The van der Waals surface area contributed by atoms with Gasteiger partial charge in [0.2, 0.25) is 0 Å². The van der Waals surface area contributed by atoms with Crippen LogP contribution in [0.5, 0.6) is 5.75 Å². The van der Waals surface area contributed by atoms with Gasteiger partial charge < -0.3 is 19.9 Å². The molecule has 3 rings (SSSR count). The average Bonchev–Trinajstić information content (AvgIpc) is 2.77. The maximum atomic E-state index is 5.24. The number of piperazine rings is 1. The lowest BCUT2D eigenvalue weighted by Gasteiger charge is -2.37. The molecule has 2 aromatic rings. The molecule has 1 aromatic heterocycles. The highest BCUT2D eigenvalue weighted by Gasteiger charge is 2.20. The van der Waals surface area contributed by atoms with E-state index in [2.05, 4.69) is 50.2 Å². The summed E-state index contributed by atoms with van der Waals surface area (Å²) >= 11 is 0. The van der Waals surface area contributed by atoms with Crippen LogP contribution < -0.4 is 15.0 Å². The molecule has 0 saturated carbocycles. The van der Waals surface area contributed by atoms with Gasteiger partial charge in [-0.3, -0.25) is 4.99 Å². The standard InChI is InChI=1S/C22H31N5O/c1-18(19-7-9-20(28-3)10-8-19)11-13-25-22(23-2)27-16-14-26(15-17-27)21-6-4-5-12-24-21/h4-10,12,18H,11,13-17H2,1-3H3,(H,23,25). The van der Waals surface area contributed by atoms with E-state index in [1.165, 1.54) is 5.56 Å². The molecule has 6 nitrogen and oxygen atoms in total. The van der Waals surface area contributed by atoms with Gasteiger partial charge >= 0.3 is 0 Å². The molecule has 0 bridgehead atoms. The summed E-state index contributed by atoms with van der Waals surface area (Å²) in [6, 6.07) is 14.4. The van der Waals surface area contributed by atoms with Crippen LogP contribution >= 0.6 is 0 Å². The fraction of sp³-hybridized carbons (Fsp3) is 0.455. The highest BCUT2D eigenvalue weighted by Crippen LogP contribution is 2.21. The number of rotatable bonds is 6. The van der Waals surface area contributed by atoms with Gasteiger partial charge in [0.1, 0.15) is 11.6 Å². The quantitative estimate of drug-likeness (QED) is 0.616. The van der Waals surface area contributed by atoms with Crippen molar-refractivity contribution in [1.29, 1.82) is 0 Å². The Labute approximate surface area is 168 Å². The number of aromatic nitrogens is 1. The lowest BCUT2D eigenvalue weighted by molar-refractivity contribution is 0.371. The van der Waals surface area contributed by atoms with E-state index in [1.54, 1.807) is 7.11 Å². The topological polar surface area (TPSA) is 53.0 Å². The first-order chi connectivity index (χ1) is 13.7. The second kappa shape index (κ2) is 9.97. The van der Waals surface area contributed by atoms with Crippen LogP contribution in [0.15, 0.2) is 53.7 Å². The van der Waals surface area contributed by atoms with E-state index < -0.39 is 0 Å². The van der Waals surface area contributed by atoms with E-state index in [0.717, 1.165) is 56.7 Å². The molecular weight excluding hydrogens is 350 g/mol. The number of hydrogen-bond acceptors (Lipinski definition) is 4. The molecule has 1 aliphatic heterocycles. The number of nitrogens with one attached hydrogen (secondary N) is 1. The molecule has 1 saturated heterocycles. The maximum absolute atomic E-state index is 5.24. The number of pyridine rings is 1. The van der Waals surface area contributed by atoms with Crippen molar-refractivity contribution in [2.45, 2.75) is 19.3 Å². The fourth-order valence-corrected chi connectivity index (χ4v) is 3.52. The van der Waals surface area contributed by atoms with Crippen molar-refractivity contribution in [2.75, 3.05) is 51.8 Å². The van der Waals surface area contributed by atoms with Gasteiger partial charge in [0.05, 0.1) is 7.11 Å². The Morgan fingerprint density at radius 3 is 2.50 bits per heavy atom. The van der Waals surface area contributed by atoms with Gasteiger partial charge in [0, 0.05) is 46.0 Å². The van der Waals surface area contributed by atoms with Crippen LogP contribution in [-0.4, -0.2) is 62.7 Å². The van der Waals surface area contributed by atoms with Gasteiger partial charge in [-0.25, -0.2) is 4.98 Å². The number of hydrogen-bond donors (Lipinski definition) is 1. The van der Waals surface area contributed by atoms with E-state index in [-0.39, 0.29) is 0 Å². The van der Waals surface area contributed by atoms with Crippen LogP contribution in [0.25, 0.3) is 0 Å². The minimum atomic E-state index is 0.484. The Kier molecular flexibility index (Phi) is 7.12. The third kappa shape index (κ3) is 5.15. The number of benzene rings is 1. The molecule has 0 aliphatic carbocycles. The van der Waals surface area contributed by atoms with Crippen LogP contribution in [0, 0.1) is 0 Å². The molecule has 28 heavy (non-hydrogen) atoms. The van der Waals surface area contributed by atoms with Crippen LogP contribution in [0.4, 0.5) is 5.82 Å². The molecule has 1 atom stereocenters. The average molecular weight is 382 g/mol. The third-order valence-electron chi connectivity index (χ3n) is 5.31. The summed E-state index contributed by atoms with van der Waals surface area (Å²) in [5.74, 6) is 3.43. The molecule has 1 unspecified atom stereocenters. The Morgan fingerprint density at radius 2 is 1.89 bits per heavy atom. The summed E-state index contributed by atoms with van der Waals surface area (Å²) in [7, 11) is 3.56. The van der Waals surface area contributed by atoms with Gasteiger partial charge in [-0.15, -0.1) is 0 Å². The van der Waals surface area contributed by atoms with E-state index in [0.29, 0.717) is 5.92 Å². The first kappa shape index (κ1) is 20.0. The van der Waals surface area contributed by atoms with E-state index in [9.17, 15) is 0 Å². The minimum Gasteiger partial charge on any atom is -0.497 e. The second-order valence-corrected chi connectivity index (χ2v) is 7.10. The van der Waals surface area contributed by atoms with Crippen LogP contribution in [-0.2, 0) is 0 Å². The molecule has 1 N–H and O–H groups in total. The molecule has 150 valence electrons. The summed E-state index contributed by atoms with van der Waals surface area (Å²) in [6.45, 7) is 6.98. The van der Waals surface area contributed by atoms with Crippen molar-refractivity contribution in [2.24, 2.45) is 4.99 Å². The Bertz CT molecular complexity index is 739. The number of guanidine groups is 1. The molecule has 1 fully saturated rings. The van der Waals surface area contributed by atoms with Gasteiger partial charge in [-0.1, -0.05) is 25.1 Å². The van der Waals surface area contributed by atoms with Crippen molar-refractivity contribution in [3.05, 3.63) is 54.2 Å². The van der Waals surface area contributed by atoms with Crippen LogP contribution in [0.2, 0.25) is 0 Å².